The molecule has 5 heteroatoms. The third kappa shape index (κ3) is 3.53. The highest BCUT2D eigenvalue weighted by molar-refractivity contribution is 5.98. The van der Waals surface area contributed by atoms with Crippen LogP contribution < -0.4 is 0 Å². The Hall–Kier alpha value is -2.17. The van der Waals surface area contributed by atoms with Gasteiger partial charge in [-0.15, -0.1) is 0 Å². The zero-order chi connectivity index (χ0) is 19.8. The molecule has 1 atom stereocenters. The molecule has 0 fully saturated rings. The number of amidine groups is 1. The van der Waals surface area contributed by atoms with E-state index < -0.39 is 5.54 Å². The van der Waals surface area contributed by atoms with Crippen molar-refractivity contribution < 1.29 is 14.3 Å². The summed E-state index contributed by atoms with van der Waals surface area (Å²) in [5, 5.41) is 0. The van der Waals surface area contributed by atoms with Crippen LogP contribution in [0.1, 0.15) is 87.4 Å². The maximum atomic E-state index is 12.5. The number of rotatable bonds is 4. The van der Waals surface area contributed by atoms with Gasteiger partial charge in [-0.2, -0.15) is 0 Å². The van der Waals surface area contributed by atoms with Crippen molar-refractivity contribution in [3.63, 3.8) is 0 Å². The molecule has 1 aliphatic rings. The molecule has 26 heavy (non-hydrogen) atoms. The molecule has 5 nitrogen and oxygen atoms in total. The van der Waals surface area contributed by atoms with E-state index in [2.05, 4.69) is 39.8 Å². The molecule has 1 heterocycles. The SMILES string of the molecule is COC(=O)c1c(C(C)C)cc(C2(C)CN(C(C)=O)C(C)=N2)cc1C(C)C. The minimum Gasteiger partial charge on any atom is -0.465 e. The van der Waals surface area contributed by atoms with Crippen molar-refractivity contribution in [2.75, 3.05) is 13.7 Å². The van der Waals surface area contributed by atoms with Gasteiger partial charge in [0.05, 0.1) is 19.2 Å². The zero-order valence-electron chi connectivity index (χ0n) is 17.1. The predicted molar refractivity (Wildman–Crippen MR) is 104 cm³/mol. The van der Waals surface area contributed by atoms with Crippen molar-refractivity contribution in [1.82, 2.24) is 4.90 Å². The van der Waals surface area contributed by atoms with E-state index in [4.69, 9.17) is 9.73 Å². The van der Waals surface area contributed by atoms with Gasteiger partial charge < -0.3 is 4.74 Å². The van der Waals surface area contributed by atoms with E-state index in [1.54, 1.807) is 11.8 Å². The quantitative estimate of drug-likeness (QED) is 0.757. The van der Waals surface area contributed by atoms with Gasteiger partial charge >= 0.3 is 5.97 Å². The normalized spacial score (nSPS) is 19.9. The first-order valence-corrected chi connectivity index (χ1v) is 9.13. The second kappa shape index (κ2) is 7.22. The van der Waals surface area contributed by atoms with Gasteiger partial charge in [-0.1, -0.05) is 39.8 Å². The molecule has 1 aromatic rings. The van der Waals surface area contributed by atoms with E-state index in [1.807, 2.05) is 13.8 Å². The maximum absolute atomic E-state index is 12.5. The largest absolute Gasteiger partial charge is 0.465 e. The maximum Gasteiger partial charge on any atom is 0.338 e. The molecule has 1 aliphatic heterocycles. The Morgan fingerprint density at radius 2 is 1.65 bits per heavy atom. The van der Waals surface area contributed by atoms with Crippen molar-refractivity contribution in [3.05, 3.63) is 34.4 Å². The van der Waals surface area contributed by atoms with Crippen LogP contribution in [-0.2, 0) is 15.1 Å². The minimum atomic E-state index is -0.516. The number of esters is 1. The molecule has 0 spiro atoms. The van der Waals surface area contributed by atoms with Gasteiger partial charge in [-0.3, -0.25) is 14.7 Å². The molecular weight excluding hydrogens is 328 g/mol. The fourth-order valence-corrected chi connectivity index (χ4v) is 3.62. The Morgan fingerprint density at radius 3 is 2.00 bits per heavy atom. The van der Waals surface area contributed by atoms with Crippen LogP contribution in [0.5, 0.6) is 0 Å². The molecule has 0 radical (unpaired) electrons. The van der Waals surface area contributed by atoms with Crippen LogP contribution in [0, 0.1) is 0 Å². The van der Waals surface area contributed by atoms with Crippen molar-refractivity contribution >= 4 is 17.7 Å². The number of hydrogen-bond acceptors (Lipinski definition) is 4. The van der Waals surface area contributed by atoms with Crippen LogP contribution in [0.2, 0.25) is 0 Å². The van der Waals surface area contributed by atoms with E-state index in [-0.39, 0.29) is 23.7 Å². The summed E-state index contributed by atoms with van der Waals surface area (Å²) in [6.07, 6.45) is 0. The predicted octanol–water partition coefficient (Wildman–Crippen LogP) is 4.22. The number of methoxy groups -OCH3 is 1. The smallest absolute Gasteiger partial charge is 0.338 e. The van der Waals surface area contributed by atoms with Crippen LogP contribution in [0.4, 0.5) is 0 Å². The Kier molecular flexibility index (Phi) is 5.59. The molecule has 2 rings (SSSR count). The molecule has 0 aromatic heterocycles. The van der Waals surface area contributed by atoms with Gasteiger partial charge in [0.2, 0.25) is 5.91 Å². The van der Waals surface area contributed by atoms with E-state index in [1.165, 1.54) is 7.11 Å². The Morgan fingerprint density at radius 1 is 1.15 bits per heavy atom. The average Bonchev–Trinajstić information content (AvgIpc) is 2.88. The fraction of sp³-hybridized carbons (Fsp3) is 0.571. The number of ether oxygens (including phenoxy) is 1. The minimum absolute atomic E-state index is 0.00526. The molecule has 1 unspecified atom stereocenters. The van der Waals surface area contributed by atoms with Crippen molar-refractivity contribution in [2.45, 2.75) is 65.8 Å². The summed E-state index contributed by atoms with van der Waals surface area (Å²) in [5.74, 6) is 0.759. The average molecular weight is 358 g/mol. The highest BCUT2D eigenvalue weighted by Crippen LogP contribution is 2.38. The first-order valence-electron chi connectivity index (χ1n) is 9.13. The molecular formula is C21H30N2O3. The molecule has 0 bridgehead atoms. The second-order valence-corrected chi connectivity index (χ2v) is 7.87. The Bertz CT molecular complexity index is 736. The van der Waals surface area contributed by atoms with Crippen LogP contribution in [0.15, 0.2) is 17.1 Å². The summed E-state index contributed by atoms with van der Waals surface area (Å²) in [6, 6.07) is 4.12. The standard InChI is InChI=1S/C21H30N2O3/c1-12(2)17-9-16(10-18(13(3)4)19(17)20(25)26-8)21(7)11-23(15(6)24)14(5)22-21/h9-10,12-13H,11H2,1-8H3. The monoisotopic (exact) mass is 358 g/mol. The first-order chi connectivity index (χ1) is 12.0. The third-order valence-electron chi connectivity index (χ3n) is 5.10. The summed E-state index contributed by atoms with van der Waals surface area (Å²) >= 11 is 0. The van der Waals surface area contributed by atoms with Gasteiger partial charge in [0.15, 0.2) is 0 Å². The van der Waals surface area contributed by atoms with Gasteiger partial charge in [0, 0.05) is 6.92 Å². The highest BCUT2D eigenvalue weighted by Gasteiger charge is 2.38. The molecule has 1 aromatic carbocycles. The summed E-state index contributed by atoms with van der Waals surface area (Å²) in [6.45, 7) is 14.3. The third-order valence-corrected chi connectivity index (χ3v) is 5.10. The summed E-state index contributed by atoms with van der Waals surface area (Å²) in [5.41, 5.74) is 3.10. The first kappa shape index (κ1) is 20.1. The topological polar surface area (TPSA) is 59.0 Å². The number of amides is 1. The number of carbonyl (C=O) groups is 2. The van der Waals surface area contributed by atoms with Crippen molar-refractivity contribution in [1.29, 1.82) is 0 Å². The molecule has 0 saturated heterocycles. The molecule has 0 N–H and O–H groups in total. The van der Waals surface area contributed by atoms with Gasteiger partial charge in [-0.05, 0) is 42.4 Å². The van der Waals surface area contributed by atoms with Crippen molar-refractivity contribution in [2.24, 2.45) is 4.99 Å². The number of nitrogens with zero attached hydrogens (tertiary/aromatic N) is 2. The lowest BCUT2D eigenvalue weighted by Crippen LogP contribution is -2.35. The summed E-state index contributed by atoms with van der Waals surface area (Å²) < 4.78 is 5.05. The fourth-order valence-electron chi connectivity index (χ4n) is 3.62. The van der Waals surface area contributed by atoms with Gasteiger partial charge in [0.1, 0.15) is 11.4 Å². The van der Waals surface area contributed by atoms with Crippen LogP contribution in [0.25, 0.3) is 0 Å². The lowest BCUT2D eigenvalue weighted by atomic mass is 9.82. The lowest BCUT2D eigenvalue weighted by Gasteiger charge is -2.27. The van der Waals surface area contributed by atoms with Crippen LogP contribution in [-0.4, -0.2) is 36.3 Å². The highest BCUT2D eigenvalue weighted by atomic mass is 16.5. The molecule has 142 valence electrons. The van der Waals surface area contributed by atoms with Crippen molar-refractivity contribution in [3.8, 4) is 0 Å². The molecule has 0 aliphatic carbocycles. The van der Waals surface area contributed by atoms with Gasteiger partial charge in [-0.25, -0.2) is 4.79 Å². The van der Waals surface area contributed by atoms with E-state index in [0.29, 0.717) is 12.1 Å². The van der Waals surface area contributed by atoms with E-state index in [0.717, 1.165) is 22.5 Å². The number of benzene rings is 1. The molecule has 1 amide bonds. The van der Waals surface area contributed by atoms with E-state index >= 15 is 0 Å². The number of aliphatic imine (C=N–C) groups is 1. The van der Waals surface area contributed by atoms with Gasteiger partial charge in [0.25, 0.3) is 0 Å². The van der Waals surface area contributed by atoms with Crippen LogP contribution in [0.3, 0.4) is 0 Å². The van der Waals surface area contributed by atoms with E-state index in [9.17, 15) is 9.59 Å². The Labute approximate surface area is 156 Å². The lowest BCUT2D eigenvalue weighted by molar-refractivity contribution is -0.125. The zero-order valence-corrected chi connectivity index (χ0v) is 17.1. The molecule has 0 saturated carbocycles. The van der Waals surface area contributed by atoms with Crippen LogP contribution >= 0.6 is 0 Å². The second-order valence-electron chi connectivity index (χ2n) is 7.87. The number of hydrogen-bond donors (Lipinski definition) is 0. The summed E-state index contributed by atoms with van der Waals surface area (Å²) in [4.78, 5) is 30.9. The summed E-state index contributed by atoms with van der Waals surface area (Å²) in [7, 11) is 1.42. The number of carbonyl (C=O) groups excluding carboxylic acids is 2. The Balaban J connectivity index is 2.69.